The topological polar surface area (TPSA) is 64.5 Å². The molecule has 0 unspecified atom stereocenters. The van der Waals surface area contributed by atoms with E-state index in [0.29, 0.717) is 23.7 Å². The summed E-state index contributed by atoms with van der Waals surface area (Å²) < 4.78 is 10.5. The van der Waals surface area contributed by atoms with Gasteiger partial charge in [0.1, 0.15) is 5.69 Å². The van der Waals surface area contributed by atoms with Crippen LogP contribution in [0.1, 0.15) is 23.2 Å². The molecular formula is C18H21N3O3. The van der Waals surface area contributed by atoms with E-state index in [2.05, 4.69) is 9.97 Å². The van der Waals surface area contributed by atoms with E-state index in [-0.39, 0.29) is 11.9 Å². The number of nitrogens with zero attached hydrogens (tertiary/aromatic N) is 3. The van der Waals surface area contributed by atoms with Gasteiger partial charge in [-0.3, -0.25) is 4.79 Å². The summed E-state index contributed by atoms with van der Waals surface area (Å²) >= 11 is 0. The molecule has 6 nitrogen and oxygen atoms in total. The Morgan fingerprint density at radius 2 is 1.96 bits per heavy atom. The highest BCUT2D eigenvalue weighted by Gasteiger charge is 2.29. The first-order chi connectivity index (χ1) is 11.7. The lowest BCUT2D eigenvalue weighted by atomic mass is 10.1. The Bertz CT molecular complexity index is 703. The zero-order chi connectivity index (χ0) is 16.9. The van der Waals surface area contributed by atoms with Crippen molar-refractivity contribution in [3.05, 3.63) is 42.2 Å². The molecule has 1 aliphatic rings. The van der Waals surface area contributed by atoms with Gasteiger partial charge in [-0.25, -0.2) is 9.97 Å². The van der Waals surface area contributed by atoms with Crippen molar-refractivity contribution in [1.82, 2.24) is 14.9 Å². The molecule has 0 N–H and O–H groups in total. The van der Waals surface area contributed by atoms with Crippen LogP contribution < -0.4 is 4.74 Å². The molecule has 0 aliphatic carbocycles. The lowest BCUT2D eigenvalue weighted by Gasteiger charge is -2.24. The van der Waals surface area contributed by atoms with Crippen molar-refractivity contribution < 1.29 is 14.3 Å². The molecule has 1 aromatic heterocycles. The summed E-state index contributed by atoms with van der Waals surface area (Å²) in [7, 11) is 3.23. The number of carbonyl (C=O) groups is 1. The third-order valence-electron chi connectivity index (χ3n) is 4.26. The van der Waals surface area contributed by atoms with Crippen molar-refractivity contribution in [2.75, 3.05) is 27.4 Å². The predicted molar refractivity (Wildman–Crippen MR) is 90.0 cm³/mol. The quantitative estimate of drug-likeness (QED) is 0.844. The van der Waals surface area contributed by atoms with Crippen LogP contribution in [0, 0.1) is 0 Å². The smallest absolute Gasteiger partial charge is 0.254 e. The minimum absolute atomic E-state index is 0.0483. The van der Waals surface area contributed by atoms with Crippen LogP contribution >= 0.6 is 0 Å². The van der Waals surface area contributed by atoms with Crippen molar-refractivity contribution in [3.8, 4) is 17.1 Å². The second-order valence-corrected chi connectivity index (χ2v) is 5.74. The van der Waals surface area contributed by atoms with E-state index in [9.17, 15) is 4.79 Å². The number of benzene rings is 1. The summed E-state index contributed by atoms with van der Waals surface area (Å²) in [6, 6.07) is 7.58. The molecule has 2 heterocycles. The summed E-state index contributed by atoms with van der Waals surface area (Å²) in [5.74, 6) is 0.517. The Balaban J connectivity index is 1.80. The maximum Gasteiger partial charge on any atom is 0.254 e. The van der Waals surface area contributed by atoms with Gasteiger partial charge in [0, 0.05) is 37.2 Å². The highest BCUT2D eigenvalue weighted by molar-refractivity contribution is 5.95. The standard InChI is InChI=1S/C18H21N3O3/c1-23-12-15-4-3-11-21(15)18(22)14-7-5-13(6-8-14)16-17(24-2)20-10-9-19-16/h5-10,15H,3-4,11-12H2,1-2H3/t15-/m0/s1. The van der Waals surface area contributed by atoms with Crippen LogP contribution in [0.15, 0.2) is 36.7 Å². The monoisotopic (exact) mass is 327 g/mol. The van der Waals surface area contributed by atoms with Crippen molar-refractivity contribution in [1.29, 1.82) is 0 Å². The first-order valence-corrected chi connectivity index (χ1v) is 8.00. The molecule has 1 amide bonds. The zero-order valence-electron chi connectivity index (χ0n) is 13.9. The number of ether oxygens (including phenoxy) is 2. The first-order valence-electron chi connectivity index (χ1n) is 8.00. The minimum atomic E-state index is 0.0483. The maximum absolute atomic E-state index is 12.7. The Kier molecular flexibility index (Phi) is 5.05. The summed E-state index contributed by atoms with van der Waals surface area (Å²) in [6.07, 6.45) is 5.23. The van der Waals surface area contributed by atoms with Gasteiger partial charge in [0.15, 0.2) is 0 Å². The molecule has 2 aromatic rings. The van der Waals surface area contributed by atoms with Crippen LogP contribution in [0.25, 0.3) is 11.3 Å². The van der Waals surface area contributed by atoms with Gasteiger partial charge in [-0.2, -0.15) is 0 Å². The molecule has 0 bridgehead atoms. The van der Waals surface area contributed by atoms with E-state index in [0.717, 1.165) is 24.9 Å². The van der Waals surface area contributed by atoms with Crippen molar-refractivity contribution >= 4 is 5.91 Å². The van der Waals surface area contributed by atoms with Gasteiger partial charge in [0.2, 0.25) is 5.88 Å². The second kappa shape index (κ2) is 7.40. The van der Waals surface area contributed by atoms with Crippen LogP contribution in [0.4, 0.5) is 0 Å². The third kappa shape index (κ3) is 3.23. The zero-order valence-corrected chi connectivity index (χ0v) is 13.9. The first kappa shape index (κ1) is 16.4. The minimum Gasteiger partial charge on any atom is -0.479 e. The van der Waals surface area contributed by atoms with E-state index in [1.807, 2.05) is 29.2 Å². The number of carbonyl (C=O) groups excluding carboxylic acids is 1. The lowest BCUT2D eigenvalue weighted by Crippen LogP contribution is -2.38. The van der Waals surface area contributed by atoms with Gasteiger partial charge < -0.3 is 14.4 Å². The number of hydrogen-bond acceptors (Lipinski definition) is 5. The van der Waals surface area contributed by atoms with Crippen LogP contribution in [-0.4, -0.2) is 54.2 Å². The van der Waals surface area contributed by atoms with E-state index >= 15 is 0 Å². The highest BCUT2D eigenvalue weighted by atomic mass is 16.5. The molecule has 1 atom stereocenters. The molecule has 1 saturated heterocycles. The largest absolute Gasteiger partial charge is 0.479 e. The number of likely N-dealkylation sites (tertiary alicyclic amines) is 1. The molecule has 1 fully saturated rings. The maximum atomic E-state index is 12.7. The van der Waals surface area contributed by atoms with E-state index < -0.39 is 0 Å². The molecule has 24 heavy (non-hydrogen) atoms. The molecular weight excluding hydrogens is 306 g/mol. The molecule has 1 aliphatic heterocycles. The van der Waals surface area contributed by atoms with Crippen molar-refractivity contribution in [3.63, 3.8) is 0 Å². The Hall–Kier alpha value is -2.47. The molecule has 126 valence electrons. The third-order valence-corrected chi connectivity index (χ3v) is 4.26. The van der Waals surface area contributed by atoms with Crippen LogP contribution in [0.5, 0.6) is 5.88 Å². The average Bonchev–Trinajstić information content (AvgIpc) is 3.10. The summed E-state index contributed by atoms with van der Waals surface area (Å²) in [5, 5.41) is 0. The average molecular weight is 327 g/mol. The van der Waals surface area contributed by atoms with Gasteiger partial charge in [0.05, 0.1) is 19.8 Å². The molecule has 1 aromatic carbocycles. The Morgan fingerprint density at radius 1 is 1.21 bits per heavy atom. The number of rotatable bonds is 5. The SMILES string of the molecule is COC[C@@H]1CCCN1C(=O)c1ccc(-c2nccnc2OC)cc1. The number of aromatic nitrogens is 2. The number of amides is 1. The molecule has 0 radical (unpaired) electrons. The highest BCUT2D eigenvalue weighted by Crippen LogP contribution is 2.26. The summed E-state index contributed by atoms with van der Waals surface area (Å²) in [6.45, 7) is 1.37. The molecule has 0 saturated carbocycles. The number of methoxy groups -OCH3 is 2. The van der Waals surface area contributed by atoms with Gasteiger partial charge in [0.25, 0.3) is 5.91 Å². The fourth-order valence-corrected chi connectivity index (χ4v) is 3.08. The van der Waals surface area contributed by atoms with Gasteiger partial charge >= 0.3 is 0 Å². The molecule has 3 rings (SSSR count). The van der Waals surface area contributed by atoms with E-state index in [4.69, 9.17) is 9.47 Å². The van der Waals surface area contributed by atoms with E-state index in [1.54, 1.807) is 26.6 Å². The molecule has 6 heteroatoms. The second-order valence-electron chi connectivity index (χ2n) is 5.74. The van der Waals surface area contributed by atoms with Gasteiger partial charge in [-0.1, -0.05) is 12.1 Å². The Morgan fingerprint density at radius 3 is 2.67 bits per heavy atom. The van der Waals surface area contributed by atoms with Gasteiger partial charge in [-0.05, 0) is 25.0 Å². The van der Waals surface area contributed by atoms with Gasteiger partial charge in [-0.15, -0.1) is 0 Å². The normalized spacial score (nSPS) is 17.1. The van der Waals surface area contributed by atoms with Crippen molar-refractivity contribution in [2.45, 2.75) is 18.9 Å². The van der Waals surface area contributed by atoms with E-state index in [1.165, 1.54) is 0 Å². The lowest BCUT2D eigenvalue weighted by molar-refractivity contribution is 0.0630. The summed E-state index contributed by atoms with van der Waals surface area (Å²) in [4.78, 5) is 23.1. The summed E-state index contributed by atoms with van der Waals surface area (Å²) in [5.41, 5.74) is 2.20. The Labute approximate surface area is 141 Å². The van der Waals surface area contributed by atoms with Crippen molar-refractivity contribution in [2.24, 2.45) is 0 Å². The number of hydrogen-bond donors (Lipinski definition) is 0. The molecule has 0 spiro atoms. The van der Waals surface area contributed by atoms with Crippen LogP contribution in [-0.2, 0) is 4.74 Å². The fourth-order valence-electron chi connectivity index (χ4n) is 3.08. The predicted octanol–water partition coefficient (Wildman–Crippen LogP) is 2.40. The van der Waals surface area contributed by atoms with Crippen LogP contribution in [0.2, 0.25) is 0 Å². The fraction of sp³-hybridized carbons (Fsp3) is 0.389. The van der Waals surface area contributed by atoms with Crippen LogP contribution in [0.3, 0.4) is 0 Å².